The molecule has 27 heavy (non-hydrogen) atoms. The molecule has 3 rings (SSSR count). The SMILES string of the molecule is C=N/C=C\C=C(/C)Cn1cc(-c2nc(-c3ccc(F)cc3)no2)ccc1=O. The molecule has 0 N–H and O–H groups in total. The Morgan fingerprint density at radius 2 is 2.00 bits per heavy atom. The molecule has 7 heteroatoms. The summed E-state index contributed by atoms with van der Waals surface area (Å²) in [5.41, 5.74) is 2.08. The number of allylic oxidation sites excluding steroid dienone is 3. The molecular weight excluding hydrogens is 347 g/mol. The standard InChI is InChI=1S/C20H17FN4O2/c1-14(4-3-11-22-2)12-25-13-16(7-10-18(25)26)20-23-19(24-27-20)15-5-8-17(21)9-6-15/h3-11,13H,2,12H2,1H3/b11-3-,14-4+. The first kappa shape index (κ1) is 18.2. The van der Waals surface area contributed by atoms with Gasteiger partial charge in [-0.15, -0.1) is 0 Å². The zero-order chi connectivity index (χ0) is 19.2. The van der Waals surface area contributed by atoms with Crippen LogP contribution < -0.4 is 5.56 Å². The second-order valence-electron chi connectivity index (χ2n) is 5.85. The van der Waals surface area contributed by atoms with Crippen molar-refractivity contribution in [3.8, 4) is 22.8 Å². The smallest absolute Gasteiger partial charge is 0.259 e. The lowest BCUT2D eigenvalue weighted by molar-refractivity contribution is 0.432. The van der Waals surface area contributed by atoms with Gasteiger partial charge in [0.1, 0.15) is 5.82 Å². The summed E-state index contributed by atoms with van der Waals surface area (Å²) < 4.78 is 19.9. The third kappa shape index (κ3) is 4.52. The van der Waals surface area contributed by atoms with E-state index in [-0.39, 0.29) is 17.3 Å². The molecule has 136 valence electrons. The van der Waals surface area contributed by atoms with Gasteiger partial charge in [-0.05, 0) is 50.0 Å². The minimum absolute atomic E-state index is 0.143. The predicted octanol–water partition coefficient (Wildman–Crippen LogP) is 3.87. The van der Waals surface area contributed by atoms with E-state index in [1.54, 1.807) is 41.2 Å². The van der Waals surface area contributed by atoms with E-state index in [0.29, 0.717) is 23.5 Å². The van der Waals surface area contributed by atoms with Crippen LogP contribution in [-0.2, 0) is 6.54 Å². The van der Waals surface area contributed by atoms with Crippen molar-refractivity contribution in [3.63, 3.8) is 0 Å². The molecule has 0 saturated heterocycles. The number of halogens is 1. The molecule has 0 saturated carbocycles. The van der Waals surface area contributed by atoms with E-state index in [0.717, 1.165) is 5.57 Å². The van der Waals surface area contributed by atoms with Crippen molar-refractivity contribution >= 4 is 6.72 Å². The first-order chi connectivity index (χ1) is 13.1. The number of benzene rings is 1. The normalized spacial score (nSPS) is 11.9. The van der Waals surface area contributed by atoms with Crippen LogP contribution in [0.25, 0.3) is 22.8 Å². The van der Waals surface area contributed by atoms with E-state index >= 15 is 0 Å². The first-order valence-electron chi connectivity index (χ1n) is 8.15. The van der Waals surface area contributed by atoms with Gasteiger partial charge in [-0.25, -0.2) is 4.39 Å². The number of rotatable bonds is 6. The fraction of sp³-hybridized carbons (Fsp3) is 0.100. The lowest BCUT2D eigenvalue weighted by atomic mass is 10.2. The Bertz CT molecular complexity index is 1060. The lowest BCUT2D eigenvalue weighted by Crippen LogP contribution is -2.19. The van der Waals surface area contributed by atoms with Gasteiger partial charge < -0.3 is 9.09 Å². The van der Waals surface area contributed by atoms with Crippen LogP contribution in [0.5, 0.6) is 0 Å². The van der Waals surface area contributed by atoms with E-state index in [4.69, 9.17) is 4.52 Å². The van der Waals surface area contributed by atoms with Crippen molar-refractivity contribution in [1.82, 2.24) is 14.7 Å². The quantitative estimate of drug-likeness (QED) is 0.492. The highest BCUT2D eigenvalue weighted by atomic mass is 19.1. The molecule has 0 aliphatic heterocycles. The molecular formula is C20H17FN4O2. The average Bonchev–Trinajstić information content (AvgIpc) is 3.14. The summed E-state index contributed by atoms with van der Waals surface area (Å²) in [5, 5.41) is 3.92. The number of nitrogens with zero attached hydrogens (tertiary/aromatic N) is 4. The molecule has 0 spiro atoms. The van der Waals surface area contributed by atoms with Crippen LogP contribution in [0, 0.1) is 5.82 Å². The van der Waals surface area contributed by atoms with Crippen LogP contribution >= 0.6 is 0 Å². The van der Waals surface area contributed by atoms with Crippen molar-refractivity contribution in [3.05, 3.63) is 82.7 Å². The van der Waals surface area contributed by atoms with E-state index in [9.17, 15) is 9.18 Å². The van der Waals surface area contributed by atoms with Gasteiger partial charge in [0, 0.05) is 30.6 Å². The Balaban J connectivity index is 1.87. The van der Waals surface area contributed by atoms with Crippen molar-refractivity contribution in [2.75, 3.05) is 0 Å². The second-order valence-corrected chi connectivity index (χ2v) is 5.85. The van der Waals surface area contributed by atoms with Crippen LogP contribution in [0.2, 0.25) is 0 Å². The monoisotopic (exact) mass is 364 g/mol. The van der Waals surface area contributed by atoms with Crippen LogP contribution in [0.4, 0.5) is 4.39 Å². The predicted molar refractivity (Wildman–Crippen MR) is 102 cm³/mol. The van der Waals surface area contributed by atoms with Crippen molar-refractivity contribution < 1.29 is 8.91 Å². The molecule has 0 amide bonds. The Labute approximate surface area is 155 Å². The Kier molecular flexibility index (Phi) is 5.51. The third-order valence-corrected chi connectivity index (χ3v) is 3.75. The van der Waals surface area contributed by atoms with Gasteiger partial charge in [-0.1, -0.05) is 16.8 Å². The van der Waals surface area contributed by atoms with E-state index in [2.05, 4.69) is 21.9 Å². The lowest BCUT2D eigenvalue weighted by Gasteiger charge is -2.06. The maximum absolute atomic E-state index is 13.0. The Morgan fingerprint density at radius 1 is 1.26 bits per heavy atom. The fourth-order valence-corrected chi connectivity index (χ4v) is 2.43. The number of hydrogen-bond donors (Lipinski definition) is 0. The summed E-state index contributed by atoms with van der Waals surface area (Å²) in [6.07, 6.45) is 6.84. The molecule has 0 aliphatic rings. The molecule has 2 heterocycles. The molecule has 0 atom stereocenters. The highest BCUT2D eigenvalue weighted by Gasteiger charge is 2.12. The van der Waals surface area contributed by atoms with Crippen molar-refractivity contribution in [1.29, 1.82) is 0 Å². The molecule has 1 aromatic carbocycles. The number of aromatic nitrogens is 3. The minimum atomic E-state index is -0.336. The summed E-state index contributed by atoms with van der Waals surface area (Å²) in [5.74, 6) is 0.290. The van der Waals surface area contributed by atoms with Gasteiger partial charge in [-0.2, -0.15) is 4.98 Å². The van der Waals surface area contributed by atoms with Gasteiger partial charge in [0.15, 0.2) is 0 Å². The van der Waals surface area contributed by atoms with E-state index in [1.165, 1.54) is 18.2 Å². The number of aliphatic imine (C=N–C) groups is 1. The first-order valence-corrected chi connectivity index (χ1v) is 8.15. The number of hydrogen-bond acceptors (Lipinski definition) is 5. The molecule has 0 aliphatic carbocycles. The van der Waals surface area contributed by atoms with Gasteiger partial charge in [0.2, 0.25) is 5.82 Å². The summed E-state index contributed by atoms with van der Waals surface area (Å²) in [7, 11) is 0. The van der Waals surface area contributed by atoms with E-state index in [1.807, 2.05) is 13.0 Å². The summed E-state index contributed by atoms with van der Waals surface area (Å²) in [4.78, 5) is 20.1. The molecule has 0 unspecified atom stereocenters. The van der Waals surface area contributed by atoms with Gasteiger partial charge in [0.05, 0.1) is 5.56 Å². The highest BCUT2D eigenvalue weighted by molar-refractivity contribution is 5.59. The van der Waals surface area contributed by atoms with Crippen LogP contribution in [0.15, 0.2) is 80.8 Å². The molecule has 0 bridgehead atoms. The zero-order valence-corrected chi connectivity index (χ0v) is 14.7. The van der Waals surface area contributed by atoms with Crippen LogP contribution in [-0.4, -0.2) is 21.4 Å². The van der Waals surface area contributed by atoms with Gasteiger partial charge >= 0.3 is 0 Å². The molecule has 2 aromatic heterocycles. The molecule has 6 nitrogen and oxygen atoms in total. The Morgan fingerprint density at radius 3 is 2.74 bits per heavy atom. The van der Waals surface area contributed by atoms with Crippen molar-refractivity contribution in [2.45, 2.75) is 13.5 Å². The van der Waals surface area contributed by atoms with Crippen LogP contribution in [0.3, 0.4) is 0 Å². The molecule has 0 fully saturated rings. The molecule has 3 aromatic rings. The summed E-state index contributed by atoms with van der Waals surface area (Å²) >= 11 is 0. The second kappa shape index (κ2) is 8.18. The Hall–Kier alpha value is -3.61. The van der Waals surface area contributed by atoms with Crippen LogP contribution in [0.1, 0.15) is 6.92 Å². The average molecular weight is 364 g/mol. The van der Waals surface area contributed by atoms with Gasteiger partial charge in [-0.3, -0.25) is 9.79 Å². The third-order valence-electron chi connectivity index (χ3n) is 3.75. The maximum atomic E-state index is 13.0. The fourth-order valence-electron chi connectivity index (χ4n) is 2.43. The van der Waals surface area contributed by atoms with Crippen molar-refractivity contribution in [2.24, 2.45) is 4.99 Å². The minimum Gasteiger partial charge on any atom is -0.334 e. The van der Waals surface area contributed by atoms with Gasteiger partial charge in [0.25, 0.3) is 11.4 Å². The highest BCUT2D eigenvalue weighted by Crippen LogP contribution is 2.21. The molecule has 0 radical (unpaired) electrons. The summed E-state index contributed by atoms with van der Waals surface area (Å²) in [6, 6.07) is 8.89. The summed E-state index contributed by atoms with van der Waals surface area (Å²) in [6.45, 7) is 5.68. The number of pyridine rings is 1. The van der Waals surface area contributed by atoms with E-state index < -0.39 is 0 Å². The maximum Gasteiger partial charge on any atom is 0.259 e. The topological polar surface area (TPSA) is 73.3 Å². The largest absolute Gasteiger partial charge is 0.334 e. The zero-order valence-electron chi connectivity index (χ0n) is 14.7.